The van der Waals surface area contributed by atoms with Crippen LogP contribution in [-0.4, -0.2) is 42.4 Å². The molecule has 0 bridgehead atoms. The lowest BCUT2D eigenvalue weighted by Crippen LogP contribution is -2.44. The van der Waals surface area contributed by atoms with Gasteiger partial charge in [-0.2, -0.15) is 0 Å². The monoisotopic (exact) mass is 275 g/mol. The summed E-state index contributed by atoms with van der Waals surface area (Å²) in [6.07, 6.45) is 0.768. The molecule has 1 aromatic carbocycles. The largest absolute Gasteiger partial charge is 0.355 e. The van der Waals surface area contributed by atoms with Crippen LogP contribution in [0.3, 0.4) is 0 Å². The molecule has 5 nitrogen and oxygen atoms in total. The summed E-state index contributed by atoms with van der Waals surface area (Å²) in [6.45, 7) is 5.58. The highest BCUT2D eigenvalue weighted by Crippen LogP contribution is 2.11. The smallest absolute Gasteiger partial charge is 0.238 e. The van der Waals surface area contributed by atoms with Crippen molar-refractivity contribution in [3.8, 4) is 0 Å². The molecule has 0 radical (unpaired) electrons. The summed E-state index contributed by atoms with van der Waals surface area (Å²) in [5.41, 5.74) is 1.94. The van der Waals surface area contributed by atoms with Crippen molar-refractivity contribution in [2.24, 2.45) is 0 Å². The number of carbonyl (C=O) groups is 2. The number of rotatable bonds is 5. The van der Waals surface area contributed by atoms with Gasteiger partial charge in [0.2, 0.25) is 11.8 Å². The predicted octanol–water partition coefficient (Wildman–Crippen LogP) is 1.14. The number of anilines is 1. The molecule has 1 atom stereocenters. The quantitative estimate of drug-likeness (QED) is 0.847. The second-order valence-corrected chi connectivity index (χ2v) is 5.07. The number of nitrogens with zero attached hydrogens (tertiary/aromatic N) is 1. The summed E-state index contributed by atoms with van der Waals surface area (Å²) in [7, 11) is 0. The van der Waals surface area contributed by atoms with Gasteiger partial charge in [-0.3, -0.25) is 14.5 Å². The van der Waals surface area contributed by atoms with Crippen molar-refractivity contribution < 1.29 is 9.59 Å². The van der Waals surface area contributed by atoms with Gasteiger partial charge in [0.15, 0.2) is 0 Å². The lowest BCUT2D eigenvalue weighted by atomic mass is 10.2. The van der Waals surface area contributed by atoms with Gasteiger partial charge in [-0.15, -0.1) is 0 Å². The van der Waals surface area contributed by atoms with Crippen molar-refractivity contribution in [3.05, 3.63) is 29.8 Å². The Labute approximate surface area is 119 Å². The molecular formula is C15H21N3O2. The van der Waals surface area contributed by atoms with Gasteiger partial charge in [-0.1, -0.05) is 24.6 Å². The lowest BCUT2D eigenvalue weighted by Gasteiger charge is -2.24. The number of carbonyl (C=O) groups excluding carboxylic acids is 2. The minimum absolute atomic E-state index is 0.0231. The SMILES string of the molecule is CCN(CC(=O)Nc1ccc(C)cc1)C1CCNC1=O. The van der Waals surface area contributed by atoms with Crippen LogP contribution in [-0.2, 0) is 9.59 Å². The van der Waals surface area contributed by atoms with Crippen molar-refractivity contribution >= 4 is 17.5 Å². The minimum Gasteiger partial charge on any atom is -0.355 e. The van der Waals surface area contributed by atoms with Gasteiger partial charge in [0.05, 0.1) is 12.6 Å². The first-order valence-corrected chi connectivity index (χ1v) is 6.98. The number of amides is 2. The van der Waals surface area contributed by atoms with Gasteiger partial charge in [0.1, 0.15) is 0 Å². The first-order valence-electron chi connectivity index (χ1n) is 6.98. The van der Waals surface area contributed by atoms with Gasteiger partial charge < -0.3 is 10.6 Å². The van der Waals surface area contributed by atoms with E-state index in [9.17, 15) is 9.59 Å². The average Bonchev–Trinajstić information content (AvgIpc) is 2.85. The van der Waals surface area contributed by atoms with Crippen molar-refractivity contribution in [2.45, 2.75) is 26.3 Å². The van der Waals surface area contributed by atoms with Gasteiger partial charge in [0.25, 0.3) is 0 Å². The highest BCUT2D eigenvalue weighted by atomic mass is 16.2. The second-order valence-electron chi connectivity index (χ2n) is 5.07. The molecule has 2 N–H and O–H groups in total. The zero-order valence-electron chi connectivity index (χ0n) is 12.0. The fraction of sp³-hybridized carbons (Fsp3) is 0.467. The van der Waals surface area contributed by atoms with Crippen LogP contribution >= 0.6 is 0 Å². The van der Waals surface area contributed by atoms with E-state index in [1.165, 1.54) is 0 Å². The number of hydrogen-bond donors (Lipinski definition) is 2. The maximum Gasteiger partial charge on any atom is 0.238 e. The van der Waals surface area contributed by atoms with Crippen LogP contribution in [0.5, 0.6) is 0 Å². The van der Waals surface area contributed by atoms with E-state index in [0.717, 1.165) is 17.7 Å². The summed E-state index contributed by atoms with van der Waals surface area (Å²) in [5.74, 6) is -0.0645. The molecule has 1 aromatic rings. The van der Waals surface area contributed by atoms with Crippen LogP contribution in [0.1, 0.15) is 18.9 Å². The minimum atomic E-state index is -0.177. The molecule has 0 spiro atoms. The van der Waals surface area contributed by atoms with E-state index >= 15 is 0 Å². The predicted molar refractivity (Wildman–Crippen MR) is 78.5 cm³/mol. The standard InChI is InChI=1S/C15H21N3O2/c1-3-18(13-8-9-16-15(13)20)10-14(19)17-12-6-4-11(2)5-7-12/h4-7,13H,3,8-10H2,1-2H3,(H,16,20)(H,17,19). The van der Waals surface area contributed by atoms with Crippen LogP contribution in [0.4, 0.5) is 5.69 Å². The zero-order valence-corrected chi connectivity index (χ0v) is 12.0. The highest BCUT2D eigenvalue weighted by molar-refractivity contribution is 5.93. The van der Waals surface area contributed by atoms with E-state index in [4.69, 9.17) is 0 Å². The van der Waals surface area contributed by atoms with Crippen molar-refractivity contribution in [1.29, 1.82) is 0 Å². The first-order chi connectivity index (χ1) is 9.60. The summed E-state index contributed by atoms with van der Waals surface area (Å²) in [4.78, 5) is 25.6. The Morgan fingerprint density at radius 1 is 1.40 bits per heavy atom. The van der Waals surface area contributed by atoms with Crippen LogP contribution in [0, 0.1) is 6.92 Å². The maximum atomic E-state index is 12.0. The number of likely N-dealkylation sites (N-methyl/N-ethyl adjacent to an activating group) is 1. The molecule has 0 aliphatic carbocycles. The Morgan fingerprint density at radius 3 is 2.65 bits per heavy atom. The normalized spacial score (nSPS) is 18.1. The van der Waals surface area contributed by atoms with Crippen LogP contribution in [0.15, 0.2) is 24.3 Å². The fourth-order valence-corrected chi connectivity index (χ4v) is 2.39. The Morgan fingerprint density at radius 2 is 2.10 bits per heavy atom. The molecule has 108 valence electrons. The lowest BCUT2D eigenvalue weighted by molar-refractivity contribution is -0.125. The molecule has 1 aliphatic rings. The van der Waals surface area contributed by atoms with Crippen molar-refractivity contribution in [3.63, 3.8) is 0 Å². The summed E-state index contributed by atoms with van der Waals surface area (Å²) in [6, 6.07) is 7.50. The molecule has 1 unspecified atom stereocenters. The molecule has 1 heterocycles. The van der Waals surface area contributed by atoms with Crippen LogP contribution in [0.2, 0.25) is 0 Å². The van der Waals surface area contributed by atoms with Crippen LogP contribution in [0.25, 0.3) is 0 Å². The summed E-state index contributed by atoms with van der Waals surface area (Å²) < 4.78 is 0. The Kier molecular flexibility index (Phi) is 4.74. The zero-order chi connectivity index (χ0) is 14.5. The second kappa shape index (κ2) is 6.52. The Bertz CT molecular complexity index is 484. The summed E-state index contributed by atoms with van der Waals surface area (Å²) in [5, 5.41) is 5.66. The van der Waals surface area contributed by atoms with Gasteiger partial charge in [-0.05, 0) is 32.0 Å². The topological polar surface area (TPSA) is 61.4 Å². The van der Waals surface area contributed by atoms with Gasteiger partial charge >= 0.3 is 0 Å². The molecule has 2 amide bonds. The third-order valence-electron chi connectivity index (χ3n) is 3.55. The van der Waals surface area contributed by atoms with E-state index in [2.05, 4.69) is 10.6 Å². The van der Waals surface area contributed by atoms with Crippen molar-refractivity contribution in [2.75, 3.05) is 25.0 Å². The van der Waals surface area contributed by atoms with E-state index in [1.807, 2.05) is 43.0 Å². The third-order valence-corrected chi connectivity index (χ3v) is 3.55. The molecule has 0 aromatic heterocycles. The molecule has 1 fully saturated rings. The molecule has 0 saturated carbocycles. The molecule has 5 heteroatoms. The number of hydrogen-bond acceptors (Lipinski definition) is 3. The number of nitrogens with one attached hydrogen (secondary N) is 2. The third kappa shape index (κ3) is 3.57. The molecule has 20 heavy (non-hydrogen) atoms. The first kappa shape index (κ1) is 14.5. The molecule has 1 saturated heterocycles. The van der Waals surface area contributed by atoms with E-state index in [-0.39, 0.29) is 24.4 Å². The van der Waals surface area contributed by atoms with E-state index < -0.39 is 0 Å². The van der Waals surface area contributed by atoms with E-state index in [0.29, 0.717) is 13.1 Å². The highest BCUT2D eigenvalue weighted by Gasteiger charge is 2.30. The Balaban J connectivity index is 1.92. The number of aryl methyl sites for hydroxylation is 1. The van der Waals surface area contributed by atoms with E-state index in [1.54, 1.807) is 0 Å². The fourth-order valence-electron chi connectivity index (χ4n) is 2.39. The van der Waals surface area contributed by atoms with Crippen molar-refractivity contribution in [1.82, 2.24) is 10.2 Å². The number of benzene rings is 1. The summed E-state index contributed by atoms with van der Waals surface area (Å²) >= 11 is 0. The van der Waals surface area contributed by atoms with Gasteiger partial charge in [-0.25, -0.2) is 0 Å². The van der Waals surface area contributed by atoms with Gasteiger partial charge in [0, 0.05) is 12.2 Å². The maximum absolute atomic E-state index is 12.0. The average molecular weight is 275 g/mol. The van der Waals surface area contributed by atoms with Crippen LogP contribution < -0.4 is 10.6 Å². The molecule has 2 rings (SSSR count). The Hall–Kier alpha value is -1.88. The molecule has 1 aliphatic heterocycles. The molecular weight excluding hydrogens is 254 g/mol.